The Morgan fingerprint density at radius 1 is 1.03 bits per heavy atom. The highest BCUT2D eigenvalue weighted by molar-refractivity contribution is 6.08. The van der Waals surface area contributed by atoms with Gasteiger partial charge in [0.2, 0.25) is 5.91 Å². The molecule has 2 aromatic heterocycles. The van der Waals surface area contributed by atoms with Gasteiger partial charge >= 0.3 is 0 Å². The maximum Gasteiger partial charge on any atom is 0.291 e. The summed E-state index contributed by atoms with van der Waals surface area (Å²) in [5.41, 5.74) is 3.50. The minimum Gasteiger partial charge on any atom is -0.350 e. The quantitative estimate of drug-likeness (QED) is 0.534. The Morgan fingerprint density at radius 2 is 1.73 bits per heavy atom. The van der Waals surface area contributed by atoms with Crippen molar-refractivity contribution < 1.29 is 4.79 Å². The Labute approximate surface area is 175 Å². The van der Waals surface area contributed by atoms with Crippen LogP contribution in [0.15, 0.2) is 59.5 Å². The molecule has 4 aromatic rings. The lowest BCUT2D eigenvalue weighted by atomic mass is 10.1. The number of amides is 1. The van der Waals surface area contributed by atoms with Crippen molar-refractivity contribution in [3.63, 3.8) is 0 Å². The van der Waals surface area contributed by atoms with Gasteiger partial charge in [0, 0.05) is 24.4 Å². The molecule has 0 bridgehead atoms. The molecule has 30 heavy (non-hydrogen) atoms. The van der Waals surface area contributed by atoms with E-state index < -0.39 is 6.04 Å². The summed E-state index contributed by atoms with van der Waals surface area (Å²) in [6, 6.07) is 15.6. The molecule has 2 heterocycles. The van der Waals surface area contributed by atoms with Crippen molar-refractivity contribution in [3.8, 4) is 0 Å². The molecule has 2 aromatic carbocycles. The van der Waals surface area contributed by atoms with E-state index in [1.54, 1.807) is 13.2 Å². The zero-order valence-electron chi connectivity index (χ0n) is 17.6. The van der Waals surface area contributed by atoms with Gasteiger partial charge in [-0.15, -0.1) is 0 Å². The third-order valence-corrected chi connectivity index (χ3v) is 5.71. The molecule has 1 atom stereocenters. The van der Waals surface area contributed by atoms with E-state index in [-0.39, 0.29) is 11.5 Å². The van der Waals surface area contributed by atoms with Gasteiger partial charge in [-0.05, 0) is 30.0 Å². The van der Waals surface area contributed by atoms with Crippen LogP contribution in [-0.2, 0) is 24.8 Å². The standard InChI is InChI=1S/C24H26N4O2/c1-4-16-10-12-17(13-11-16)14-25-23(29)20(5-2)28-21-9-7-6-8-18(21)19-15-26-27(3)24(30)22(19)28/h6-13,15,20H,4-5,14H2,1-3H3,(H,25,29)/t20-/m0/s1. The van der Waals surface area contributed by atoms with E-state index in [4.69, 9.17) is 0 Å². The lowest BCUT2D eigenvalue weighted by Gasteiger charge is -2.19. The van der Waals surface area contributed by atoms with E-state index in [1.165, 1.54) is 10.2 Å². The zero-order chi connectivity index (χ0) is 21.3. The Kier molecular flexibility index (Phi) is 5.40. The normalized spacial score (nSPS) is 12.4. The van der Waals surface area contributed by atoms with Gasteiger partial charge in [0.15, 0.2) is 0 Å². The molecule has 0 fully saturated rings. The molecule has 0 aliphatic carbocycles. The molecular weight excluding hydrogens is 376 g/mol. The van der Waals surface area contributed by atoms with Crippen LogP contribution >= 0.6 is 0 Å². The van der Waals surface area contributed by atoms with Crippen molar-refractivity contribution in [2.24, 2.45) is 7.05 Å². The molecule has 0 saturated heterocycles. The third-order valence-electron chi connectivity index (χ3n) is 5.71. The van der Waals surface area contributed by atoms with E-state index in [9.17, 15) is 9.59 Å². The van der Waals surface area contributed by atoms with E-state index in [1.807, 2.05) is 47.9 Å². The molecule has 154 valence electrons. The Bertz CT molecular complexity index is 1270. The van der Waals surface area contributed by atoms with Crippen LogP contribution in [-0.4, -0.2) is 20.3 Å². The highest BCUT2D eigenvalue weighted by atomic mass is 16.2. The molecule has 1 N–H and O–H groups in total. The summed E-state index contributed by atoms with van der Waals surface area (Å²) in [6.07, 6.45) is 3.26. The number of aryl methyl sites for hydroxylation is 2. The number of hydrogen-bond donors (Lipinski definition) is 1. The topological polar surface area (TPSA) is 68.9 Å². The van der Waals surface area contributed by atoms with Gasteiger partial charge in [0.05, 0.1) is 11.7 Å². The fraction of sp³-hybridized carbons (Fsp3) is 0.292. The zero-order valence-corrected chi connectivity index (χ0v) is 17.6. The molecule has 6 nitrogen and oxygen atoms in total. The number of carbonyl (C=O) groups is 1. The maximum atomic E-state index is 13.2. The number of benzene rings is 2. The monoisotopic (exact) mass is 402 g/mol. The molecule has 4 rings (SSSR count). The van der Waals surface area contributed by atoms with Crippen molar-refractivity contribution >= 4 is 27.7 Å². The predicted molar refractivity (Wildman–Crippen MR) is 119 cm³/mol. The Hall–Kier alpha value is -3.41. The van der Waals surface area contributed by atoms with Crippen LogP contribution in [0, 0.1) is 0 Å². The van der Waals surface area contributed by atoms with E-state index in [0.717, 1.165) is 28.3 Å². The lowest BCUT2D eigenvalue weighted by molar-refractivity contribution is -0.124. The first kappa shape index (κ1) is 19.9. The second-order valence-electron chi connectivity index (χ2n) is 7.53. The molecule has 0 radical (unpaired) electrons. The molecule has 0 aliphatic heterocycles. The summed E-state index contributed by atoms with van der Waals surface area (Å²) < 4.78 is 3.20. The predicted octanol–water partition coefficient (Wildman–Crippen LogP) is 3.72. The number of hydrogen-bond acceptors (Lipinski definition) is 3. The highest BCUT2D eigenvalue weighted by Crippen LogP contribution is 2.30. The van der Waals surface area contributed by atoms with Crippen LogP contribution in [0.5, 0.6) is 0 Å². The Balaban J connectivity index is 1.73. The van der Waals surface area contributed by atoms with Crippen molar-refractivity contribution in [2.75, 3.05) is 0 Å². The number of carbonyl (C=O) groups excluding carboxylic acids is 1. The van der Waals surface area contributed by atoms with Crippen LogP contribution in [0.1, 0.15) is 37.4 Å². The van der Waals surface area contributed by atoms with Crippen LogP contribution in [0.25, 0.3) is 21.8 Å². The SMILES string of the molecule is CCc1ccc(CNC(=O)[C@H](CC)n2c3ccccc3c3cnn(C)c(=O)c32)cc1. The molecule has 0 aliphatic rings. The van der Waals surface area contributed by atoms with Gasteiger partial charge in [-0.1, -0.05) is 56.3 Å². The molecule has 0 spiro atoms. The second-order valence-corrected chi connectivity index (χ2v) is 7.53. The number of nitrogens with one attached hydrogen (secondary N) is 1. The summed E-state index contributed by atoms with van der Waals surface area (Å²) in [5, 5.41) is 8.94. The van der Waals surface area contributed by atoms with Gasteiger partial charge in [0.1, 0.15) is 11.6 Å². The maximum absolute atomic E-state index is 13.2. The van der Waals surface area contributed by atoms with Crippen LogP contribution in [0.3, 0.4) is 0 Å². The van der Waals surface area contributed by atoms with Gasteiger partial charge in [-0.2, -0.15) is 5.10 Å². The minimum atomic E-state index is -0.489. The minimum absolute atomic E-state index is 0.0985. The molecule has 6 heteroatoms. The van der Waals surface area contributed by atoms with E-state index in [0.29, 0.717) is 18.5 Å². The van der Waals surface area contributed by atoms with Crippen molar-refractivity contribution in [1.82, 2.24) is 19.7 Å². The molecule has 0 unspecified atom stereocenters. The number of aromatic nitrogens is 3. The largest absolute Gasteiger partial charge is 0.350 e. The fourth-order valence-corrected chi connectivity index (χ4v) is 4.00. The van der Waals surface area contributed by atoms with Crippen LogP contribution in [0.4, 0.5) is 0 Å². The second kappa shape index (κ2) is 8.14. The summed E-state index contributed by atoms with van der Waals surface area (Å²) in [5.74, 6) is -0.0985. The first-order chi connectivity index (χ1) is 14.5. The number of nitrogens with zero attached hydrogens (tertiary/aromatic N) is 3. The number of fused-ring (bicyclic) bond motifs is 3. The van der Waals surface area contributed by atoms with Gasteiger partial charge in [0.25, 0.3) is 5.56 Å². The molecule has 1 amide bonds. The summed E-state index contributed by atoms with van der Waals surface area (Å²) >= 11 is 0. The average molecular weight is 402 g/mol. The summed E-state index contributed by atoms with van der Waals surface area (Å²) in [6.45, 7) is 4.54. The van der Waals surface area contributed by atoms with Crippen LogP contribution < -0.4 is 10.9 Å². The highest BCUT2D eigenvalue weighted by Gasteiger charge is 2.25. The Morgan fingerprint density at radius 3 is 2.43 bits per heavy atom. The first-order valence-electron chi connectivity index (χ1n) is 10.4. The lowest BCUT2D eigenvalue weighted by Crippen LogP contribution is -2.33. The third kappa shape index (κ3) is 3.38. The molecular formula is C24H26N4O2. The molecule has 0 saturated carbocycles. The smallest absolute Gasteiger partial charge is 0.291 e. The van der Waals surface area contributed by atoms with Crippen molar-refractivity contribution in [1.29, 1.82) is 0 Å². The number of rotatable bonds is 6. The van der Waals surface area contributed by atoms with Gasteiger partial charge in [-0.3, -0.25) is 9.59 Å². The fourth-order valence-electron chi connectivity index (χ4n) is 4.00. The van der Waals surface area contributed by atoms with Crippen LogP contribution in [0.2, 0.25) is 0 Å². The summed E-state index contributed by atoms with van der Waals surface area (Å²) in [4.78, 5) is 26.1. The van der Waals surface area contributed by atoms with E-state index >= 15 is 0 Å². The number of para-hydroxylation sites is 1. The van der Waals surface area contributed by atoms with Crippen molar-refractivity contribution in [3.05, 3.63) is 76.2 Å². The van der Waals surface area contributed by atoms with E-state index in [2.05, 4.69) is 29.5 Å². The summed E-state index contributed by atoms with van der Waals surface area (Å²) in [7, 11) is 1.63. The average Bonchev–Trinajstić information content (AvgIpc) is 3.11. The first-order valence-corrected chi connectivity index (χ1v) is 10.4. The van der Waals surface area contributed by atoms with Gasteiger partial charge < -0.3 is 9.88 Å². The van der Waals surface area contributed by atoms with Crippen molar-refractivity contribution in [2.45, 2.75) is 39.3 Å². The van der Waals surface area contributed by atoms with Gasteiger partial charge in [-0.25, -0.2) is 4.68 Å².